The highest BCUT2D eigenvalue weighted by atomic mass is 19.1. The second-order valence-electron chi connectivity index (χ2n) is 4.97. The van der Waals surface area contributed by atoms with Crippen LogP contribution in [0.3, 0.4) is 0 Å². The number of halogens is 1. The predicted octanol–water partition coefficient (Wildman–Crippen LogP) is 2.76. The van der Waals surface area contributed by atoms with E-state index in [0.717, 1.165) is 0 Å². The van der Waals surface area contributed by atoms with Gasteiger partial charge in [-0.1, -0.05) is 12.1 Å². The molecule has 0 unspecified atom stereocenters. The maximum atomic E-state index is 14.2. The number of ether oxygens (including phenoxy) is 1. The van der Waals surface area contributed by atoms with E-state index in [1.165, 1.54) is 17.0 Å². The summed E-state index contributed by atoms with van der Waals surface area (Å²) in [6.45, 7) is 2.35. The fraction of sp³-hybridized carbons (Fsp3) is 0.188. The van der Waals surface area contributed by atoms with Crippen molar-refractivity contribution in [2.24, 2.45) is 0 Å². The molecule has 1 amide bonds. The van der Waals surface area contributed by atoms with E-state index in [4.69, 9.17) is 10.5 Å². The molecular formula is C16H15FN2O2. The Bertz CT molecular complexity index is 715. The van der Waals surface area contributed by atoms with E-state index in [1.807, 2.05) is 12.1 Å². The Hall–Kier alpha value is -2.56. The van der Waals surface area contributed by atoms with E-state index in [2.05, 4.69) is 0 Å². The number of nitrogens with zero attached hydrogens (tertiary/aromatic N) is 1. The molecule has 0 bridgehead atoms. The van der Waals surface area contributed by atoms with Crippen LogP contribution in [-0.4, -0.2) is 19.1 Å². The van der Waals surface area contributed by atoms with Gasteiger partial charge in [-0.3, -0.25) is 4.79 Å². The fourth-order valence-electron chi connectivity index (χ4n) is 2.48. The second-order valence-corrected chi connectivity index (χ2v) is 4.97. The van der Waals surface area contributed by atoms with Gasteiger partial charge in [0.25, 0.3) is 5.91 Å². The molecular weight excluding hydrogens is 271 g/mol. The summed E-state index contributed by atoms with van der Waals surface area (Å²) in [7, 11) is 0. The molecule has 0 radical (unpaired) electrons. The largest absolute Gasteiger partial charge is 0.490 e. The van der Waals surface area contributed by atoms with Crippen LogP contribution in [0, 0.1) is 12.7 Å². The summed E-state index contributed by atoms with van der Waals surface area (Å²) in [4.78, 5) is 14.2. The van der Waals surface area contributed by atoms with Crippen LogP contribution in [0.4, 0.5) is 15.8 Å². The van der Waals surface area contributed by atoms with Crippen molar-refractivity contribution in [1.29, 1.82) is 0 Å². The molecule has 1 aliphatic heterocycles. The van der Waals surface area contributed by atoms with Crippen LogP contribution in [0.25, 0.3) is 0 Å². The Labute approximate surface area is 121 Å². The maximum Gasteiger partial charge on any atom is 0.261 e. The van der Waals surface area contributed by atoms with Crippen molar-refractivity contribution in [2.45, 2.75) is 6.92 Å². The molecule has 0 aliphatic carbocycles. The van der Waals surface area contributed by atoms with Crippen LogP contribution in [0.2, 0.25) is 0 Å². The average Bonchev–Trinajstić information content (AvgIpc) is 2.49. The van der Waals surface area contributed by atoms with Crippen LogP contribution in [0.5, 0.6) is 5.75 Å². The quantitative estimate of drug-likeness (QED) is 0.820. The van der Waals surface area contributed by atoms with E-state index in [-0.39, 0.29) is 5.56 Å². The van der Waals surface area contributed by atoms with Gasteiger partial charge < -0.3 is 15.4 Å². The van der Waals surface area contributed by atoms with E-state index in [0.29, 0.717) is 35.8 Å². The molecule has 2 N–H and O–H groups in total. The molecule has 2 aromatic carbocycles. The topological polar surface area (TPSA) is 55.6 Å². The predicted molar refractivity (Wildman–Crippen MR) is 79.2 cm³/mol. The number of para-hydroxylation sites is 2. The number of carbonyl (C=O) groups excluding carboxylic acids is 1. The molecule has 3 rings (SSSR count). The van der Waals surface area contributed by atoms with E-state index >= 15 is 0 Å². The zero-order chi connectivity index (χ0) is 15.0. The molecule has 0 saturated heterocycles. The molecule has 108 valence electrons. The van der Waals surface area contributed by atoms with Crippen LogP contribution in [0.1, 0.15) is 15.9 Å². The van der Waals surface area contributed by atoms with Crippen molar-refractivity contribution in [3.8, 4) is 5.75 Å². The molecule has 1 aliphatic rings. The molecule has 1 heterocycles. The Morgan fingerprint density at radius 3 is 2.90 bits per heavy atom. The van der Waals surface area contributed by atoms with Gasteiger partial charge in [-0.15, -0.1) is 0 Å². The number of rotatable bonds is 1. The van der Waals surface area contributed by atoms with Crippen molar-refractivity contribution < 1.29 is 13.9 Å². The standard InChI is InChI=1S/C16H15FN2O2/c1-10-8-11(18)9-12(15(10)17)16(20)19-6-7-21-14-5-3-2-4-13(14)19/h2-5,8-9H,6-7,18H2,1H3. The van der Waals surface area contributed by atoms with Crippen LogP contribution >= 0.6 is 0 Å². The number of amides is 1. The summed E-state index contributed by atoms with van der Waals surface area (Å²) in [6.07, 6.45) is 0. The van der Waals surface area contributed by atoms with E-state index < -0.39 is 11.7 Å². The molecule has 0 atom stereocenters. The van der Waals surface area contributed by atoms with Crippen LogP contribution < -0.4 is 15.4 Å². The van der Waals surface area contributed by atoms with Gasteiger partial charge in [-0.2, -0.15) is 0 Å². The zero-order valence-electron chi connectivity index (χ0n) is 11.6. The van der Waals surface area contributed by atoms with Crippen LogP contribution in [-0.2, 0) is 0 Å². The molecule has 21 heavy (non-hydrogen) atoms. The van der Waals surface area contributed by atoms with Gasteiger partial charge >= 0.3 is 0 Å². The van der Waals surface area contributed by atoms with Crippen molar-refractivity contribution in [3.63, 3.8) is 0 Å². The average molecular weight is 286 g/mol. The normalized spacial score (nSPS) is 13.5. The highest BCUT2D eigenvalue weighted by molar-refractivity contribution is 6.07. The number of benzene rings is 2. The summed E-state index contributed by atoms with van der Waals surface area (Å²) in [5.74, 6) is -0.310. The minimum atomic E-state index is -0.529. The summed E-state index contributed by atoms with van der Waals surface area (Å²) >= 11 is 0. The number of nitrogens with two attached hydrogens (primary N) is 1. The van der Waals surface area contributed by atoms with Gasteiger partial charge in [0, 0.05) is 5.69 Å². The van der Waals surface area contributed by atoms with Gasteiger partial charge in [-0.05, 0) is 36.8 Å². The number of anilines is 2. The lowest BCUT2D eigenvalue weighted by atomic mass is 10.1. The molecule has 5 heteroatoms. The highest BCUT2D eigenvalue weighted by Crippen LogP contribution is 2.32. The SMILES string of the molecule is Cc1cc(N)cc(C(=O)N2CCOc3ccccc32)c1F. The van der Waals surface area contributed by atoms with Crippen LogP contribution in [0.15, 0.2) is 36.4 Å². The number of carbonyl (C=O) groups is 1. The summed E-state index contributed by atoms with van der Waals surface area (Å²) in [5.41, 5.74) is 7.10. The third-order valence-electron chi connectivity index (χ3n) is 3.48. The van der Waals surface area contributed by atoms with Crippen molar-refractivity contribution >= 4 is 17.3 Å². The first kappa shape index (κ1) is 13.4. The number of nitrogen functional groups attached to an aromatic ring is 1. The first-order valence-corrected chi connectivity index (χ1v) is 6.67. The Morgan fingerprint density at radius 2 is 2.10 bits per heavy atom. The van der Waals surface area contributed by atoms with Gasteiger partial charge in [0.2, 0.25) is 0 Å². The summed E-state index contributed by atoms with van der Waals surface area (Å²) in [5, 5.41) is 0. The maximum absolute atomic E-state index is 14.2. The van der Waals surface area contributed by atoms with E-state index in [9.17, 15) is 9.18 Å². The molecule has 0 spiro atoms. The Morgan fingerprint density at radius 1 is 1.33 bits per heavy atom. The minimum absolute atomic E-state index is 0.01000. The highest BCUT2D eigenvalue weighted by Gasteiger charge is 2.26. The third-order valence-corrected chi connectivity index (χ3v) is 3.48. The number of aryl methyl sites for hydroxylation is 1. The molecule has 0 fully saturated rings. The second kappa shape index (κ2) is 5.09. The lowest BCUT2D eigenvalue weighted by Crippen LogP contribution is -2.38. The first-order chi connectivity index (χ1) is 10.1. The third kappa shape index (κ3) is 2.31. The molecule has 0 saturated carbocycles. The summed E-state index contributed by atoms with van der Waals surface area (Å²) in [6, 6.07) is 10.1. The monoisotopic (exact) mass is 286 g/mol. The van der Waals surface area contributed by atoms with E-state index in [1.54, 1.807) is 19.1 Å². The smallest absolute Gasteiger partial charge is 0.261 e. The molecule has 2 aromatic rings. The molecule has 0 aromatic heterocycles. The first-order valence-electron chi connectivity index (χ1n) is 6.67. The number of hydrogen-bond donors (Lipinski definition) is 1. The van der Waals surface area contributed by atoms with Crippen molar-refractivity contribution in [1.82, 2.24) is 0 Å². The lowest BCUT2D eigenvalue weighted by Gasteiger charge is -2.29. The number of fused-ring (bicyclic) bond motifs is 1. The van der Waals surface area contributed by atoms with Gasteiger partial charge in [0.1, 0.15) is 18.2 Å². The minimum Gasteiger partial charge on any atom is -0.490 e. The lowest BCUT2D eigenvalue weighted by molar-refractivity contribution is 0.0972. The zero-order valence-corrected chi connectivity index (χ0v) is 11.6. The van der Waals surface area contributed by atoms with Gasteiger partial charge in [-0.25, -0.2) is 4.39 Å². The fourth-order valence-corrected chi connectivity index (χ4v) is 2.48. The van der Waals surface area contributed by atoms with Crippen molar-refractivity contribution in [2.75, 3.05) is 23.8 Å². The van der Waals surface area contributed by atoms with Gasteiger partial charge in [0.05, 0.1) is 17.8 Å². The Kier molecular flexibility index (Phi) is 3.25. The van der Waals surface area contributed by atoms with Crippen molar-refractivity contribution in [3.05, 3.63) is 53.3 Å². The Balaban J connectivity index is 2.05. The summed E-state index contributed by atoms with van der Waals surface area (Å²) < 4.78 is 19.7. The molecule has 4 nitrogen and oxygen atoms in total. The number of hydrogen-bond acceptors (Lipinski definition) is 3. The van der Waals surface area contributed by atoms with Gasteiger partial charge in [0.15, 0.2) is 0 Å².